The molecule has 0 bridgehead atoms. The van der Waals surface area contributed by atoms with Crippen molar-refractivity contribution in [3.05, 3.63) is 46.8 Å². The highest BCUT2D eigenvalue weighted by Crippen LogP contribution is 2.26. The molecule has 0 aliphatic heterocycles. The number of hydrogen-bond donors (Lipinski definition) is 1. The van der Waals surface area contributed by atoms with E-state index in [0.717, 1.165) is 0 Å². The number of alkyl carbamates (subject to hydrolysis) is 1. The molecule has 1 N–H and O–H groups in total. The zero-order chi connectivity index (χ0) is 24.2. The predicted octanol–water partition coefficient (Wildman–Crippen LogP) is 4.48. The zero-order valence-corrected chi connectivity index (χ0v) is 21.0. The highest BCUT2D eigenvalue weighted by Gasteiger charge is 2.31. The Bertz CT molecular complexity index is 1110. The van der Waals surface area contributed by atoms with E-state index in [0.29, 0.717) is 39.2 Å². The van der Waals surface area contributed by atoms with Gasteiger partial charge in [-0.1, -0.05) is 40.7 Å². The number of nitrogens with zero attached hydrogens (tertiary/aromatic N) is 5. The number of carbonyl (C=O) groups excluding carboxylic acids is 1. The minimum absolute atomic E-state index is 0.225. The Hall–Kier alpha value is -2.79. The fourth-order valence-corrected chi connectivity index (χ4v) is 3.57. The van der Waals surface area contributed by atoms with E-state index in [2.05, 4.69) is 25.7 Å². The summed E-state index contributed by atoms with van der Waals surface area (Å²) in [5.41, 5.74) is -1.48. The molecule has 0 aliphatic rings. The number of thioether (sulfide) groups is 1. The van der Waals surface area contributed by atoms with Gasteiger partial charge in [0, 0.05) is 7.05 Å². The van der Waals surface area contributed by atoms with E-state index < -0.39 is 17.2 Å². The van der Waals surface area contributed by atoms with Crippen LogP contribution in [0.15, 0.2) is 33.9 Å². The molecule has 0 atom stereocenters. The van der Waals surface area contributed by atoms with Gasteiger partial charge in [-0.05, 0) is 46.8 Å². The van der Waals surface area contributed by atoms with Crippen LogP contribution in [0, 0.1) is 0 Å². The quantitative estimate of drug-likeness (QED) is 0.452. The molecular weight excluding hydrogens is 468 g/mol. The smallest absolute Gasteiger partial charge is 0.408 e. The van der Waals surface area contributed by atoms with Crippen molar-refractivity contribution < 1.29 is 18.8 Å². The summed E-state index contributed by atoms with van der Waals surface area (Å²) in [4.78, 5) is 16.5. The van der Waals surface area contributed by atoms with E-state index >= 15 is 0 Å². The molecule has 10 nitrogen and oxygen atoms in total. The summed E-state index contributed by atoms with van der Waals surface area (Å²) >= 11 is 7.51. The lowest BCUT2D eigenvalue weighted by atomic mass is 10.1. The fourth-order valence-electron chi connectivity index (χ4n) is 2.61. The molecule has 12 heteroatoms. The molecule has 0 aliphatic carbocycles. The molecule has 0 saturated heterocycles. The van der Waals surface area contributed by atoms with Gasteiger partial charge in [0.15, 0.2) is 16.8 Å². The van der Waals surface area contributed by atoms with Gasteiger partial charge in [-0.25, -0.2) is 4.79 Å². The molecule has 3 aromatic rings. The summed E-state index contributed by atoms with van der Waals surface area (Å²) in [7, 11) is 1.85. The second-order valence-corrected chi connectivity index (χ2v) is 10.1. The Kier molecular flexibility index (Phi) is 7.53. The van der Waals surface area contributed by atoms with Gasteiger partial charge in [0.25, 0.3) is 0 Å². The number of nitrogens with one attached hydrogen (secondary N) is 1. The normalized spacial score (nSPS) is 12.0. The van der Waals surface area contributed by atoms with Crippen LogP contribution in [0.4, 0.5) is 4.79 Å². The molecule has 2 aromatic heterocycles. The first kappa shape index (κ1) is 24.8. The topological polar surface area (TPSA) is 117 Å². The molecular formula is C21H27ClN6O4S. The van der Waals surface area contributed by atoms with Gasteiger partial charge < -0.3 is 23.9 Å². The van der Waals surface area contributed by atoms with Crippen LogP contribution in [0.5, 0.6) is 5.75 Å². The first-order chi connectivity index (χ1) is 15.4. The minimum Gasteiger partial charge on any atom is -0.484 e. The molecule has 0 radical (unpaired) electrons. The van der Waals surface area contributed by atoms with Gasteiger partial charge in [0.05, 0.1) is 10.8 Å². The van der Waals surface area contributed by atoms with E-state index in [1.165, 1.54) is 11.8 Å². The highest BCUT2D eigenvalue weighted by atomic mass is 35.5. The van der Waals surface area contributed by atoms with Crippen LogP contribution >= 0.6 is 23.4 Å². The van der Waals surface area contributed by atoms with Crippen LogP contribution in [0.1, 0.15) is 52.2 Å². The number of ether oxygens (including phenoxy) is 2. The molecule has 0 unspecified atom stereocenters. The first-order valence-electron chi connectivity index (χ1n) is 10.2. The Balaban J connectivity index is 1.57. The Morgan fingerprint density at radius 1 is 1.21 bits per heavy atom. The van der Waals surface area contributed by atoms with Crippen molar-refractivity contribution in [1.29, 1.82) is 0 Å². The Labute approximate surface area is 201 Å². The fraction of sp³-hybridized carbons (Fsp3) is 0.476. The molecule has 0 spiro atoms. The number of aromatic nitrogens is 5. The number of para-hydroxylation sites is 1. The maximum Gasteiger partial charge on any atom is 0.408 e. The minimum atomic E-state index is -0.872. The van der Waals surface area contributed by atoms with Gasteiger partial charge in [-0.3, -0.25) is 0 Å². The van der Waals surface area contributed by atoms with Crippen LogP contribution in [-0.4, -0.2) is 36.6 Å². The van der Waals surface area contributed by atoms with Gasteiger partial charge in [-0.2, -0.15) is 4.98 Å². The lowest BCUT2D eigenvalue weighted by molar-refractivity contribution is 0.0465. The average Bonchev–Trinajstić information content (AvgIpc) is 3.31. The molecule has 0 saturated carbocycles. The van der Waals surface area contributed by atoms with Crippen LogP contribution in [0.25, 0.3) is 0 Å². The predicted molar refractivity (Wildman–Crippen MR) is 123 cm³/mol. The summed E-state index contributed by atoms with van der Waals surface area (Å²) in [6, 6.07) is 7.24. The summed E-state index contributed by atoms with van der Waals surface area (Å²) in [6.45, 7) is 9.15. The molecule has 0 fully saturated rings. The van der Waals surface area contributed by atoms with E-state index in [1.54, 1.807) is 46.8 Å². The number of rotatable bonds is 8. The van der Waals surface area contributed by atoms with Gasteiger partial charge >= 0.3 is 6.09 Å². The van der Waals surface area contributed by atoms with Crippen molar-refractivity contribution in [3.8, 4) is 5.75 Å². The van der Waals surface area contributed by atoms with Crippen molar-refractivity contribution in [3.63, 3.8) is 0 Å². The third-order valence-corrected chi connectivity index (χ3v) is 5.60. The van der Waals surface area contributed by atoms with Crippen LogP contribution < -0.4 is 10.1 Å². The van der Waals surface area contributed by atoms with Gasteiger partial charge in [0.1, 0.15) is 23.5 Å². The van der Waals surface area contributed by atoms with Crippen molar-refractivity contribution in [2.24, 2.45) is 7.05 Å². The molecule has 2 heterocycles. The Morgan fingerprint density at radius 2 is 1.94 bits per heavy atom. The van der Waals surface area contributed by atoms with Crippen molar-refractivity contribution in [2.45, 2.75) is 63.3 Å². The second kappa shape index (κ2) is 10.0. The van der Waals surface area contributed by atoms with E-state index in [1.807, 2.05) is 23.7 Å². The van der Waals surface area contributed by atoms with Crippen LogP contribution in [0.3, 0.4) is 0 Å². The summed E-state index contributed by atoms with van der Waals surface area (Å²) in [5.74, 6) is 2.35. The Morgan fingerprint density at radius 3 is 2.64 bits per heavy atom. The molecule has 3 rings (SSSR count). The first-order valence-corrected chi connectivity index (χ1v) is 11.5. The number of carbonyl (C=O) groups is 1. The molecule has 1 aromatic carbocycles. The van der Waals surface area contributed by atoms with Crippen molar-refractivity contribution in [1.82, 2.24) is 30.2 Å². The average molecular weight is 495 g/mol. The summed E-state index contributed by atoms with van der Waals surface area (Å²) in [5, 5.41) is 16.3. The lowest BCUT2D eigenvalue weighted by Gasteiger charge is -2.26. The largest absolute Gasteiger partial charge is 0.484 e. The number of hydrogen-bond acceptors (Lipinski definition) is 9. The highest BCUT2D eigenvalue weighted by molar-refractivity contribution is 7.98. The number of amides is 1. The van der Waals surface area contributed by atoms with Crippen molar-refractivity contribution >= 4 is 29.5 Å². The summed E-state index contributed by atoms with van der Waals surface area (Å²) in [6.07, 6.45) is -0.557. The maximum absolute atomic E-state index is 12.1. The SMILES string of the molecule is Cn1c(COc2ccccc2Cl)nnc1SCc1nc(C(C)(C)NC(=O)OC(C)(C)C)no1. The van der Waals surface area contributed by atoms with Crippen molar-refractivity contribution in [2.75, 3.05) is 0 Å². The molecule has 178 valence electrons. The molecule has 1 amide bonds. The number of benzene rings is 1. The van der Waals surface area contributed by atoms with E-state index in [4.69, 9.17) is 25.6 Å². The standard InChI is InChI=1S/C21H27ClN6O4S/c1-20(2,3)31-19(29)24-21(4,5)17-23-16(32-27-17)12-33-18-26-25-15(28(18)6)11-30-14-10-8-7-9-13(14)22/h7-10H,11-12H2,1-6H3,(H,24,29). The maximum atomic E-state index is 12.1. The lowest BCUT2D eigenvalue weighted by Crippen LogP contribution is -2.44. The summed E-state index contributed by atoms with van der Waals surface area (Å²) < 4.78 is 18.2. The van der Waals surface area contributed by atoms with Gasteiger partial charge in [-0.15, -0.1) is 10.2 Å². The second-order valence-electron chi connectivity index (χ2n) is 8.73. The van der Waals surface area contributed by atoms with E-state index in [-0.39, 0.29) is 6.61 Å². The van der Waals surface area contributed by atoms with Crippen LogP contribution in [0.2, 0.25) is 5.02 Å². The van der Waals surface area contributed by atoms with Crippen LogP contribution in [-0.2, 0) is 29.7 Å². The van der Waals surface area contributed by atoms with E-state index in [9.17, 15) is 4.79 Å². The third-order valence-electron chi connectivity index (χ3n) is 4.28. The van der Waals surface area contributed by atoms with Gasteiger partial charge in [0.2, 0.25) is 5.89 Å². The zero-order valence-electron chi connectivity index (χ0n) is 19.4. The third kappa shape index (κ3) is 6.84. The molecule has 33 heavy (non-hydrogen) atoms. The monoisotopic (exact) mass is 494 g/mol. The number of halogens is 1.